The lowest BCUT2D eigenvalue weighted by atomic mass is 10.2. The SMILES string of the molecule is Fc1cc(OC(F)(F)F)ccc1C#CCBr. The molecular formula is C10H5BrF4O. The van der Waals surface area contributed by atoms with E-state index < -0.39 is 17.9 Å². The summed E-state index contributed by atoms with van der Waals surface area (Å²) in [6.45, 7) is 0. The van der Waals surface area contributed by atoms with E-state index in [1.54, 1.807) is 0 Å². The van der Waals surface area contributed by atoms with Crippen molar-refractivity contribution in [2.24, 2.45) is 0 Å². The van der Waals surface area contributed by atoms with Gasteiger partial charge in [-0.15, -0.1) is 13.2 Å². The Bertz CT molecular complexity index is 431. The zero-order chi connectivity index (χ0) is 12.2. The van der Waals surface area contributed by atoms with E-state index in [2.05, 4.69) is 32.5 Å². The molecule has 0 aliphatic carbocycles. The summed E-state index contributed by atoms with van der Waals surface area (Å²) in [5.74, 6) is 3.53. The molecule has 1 aromatic carbocycles. The monoisotopic (exact) mass is 296 g/mol. The van der Waals surface area contributed by atoms with Crippen LogP contribution in [0.3, 0.4) is 0 Å². The van der Waals surface area contributed by atoms with Crippen molar-refractivity contribution in [3.63, 3.8) is 0 Å². The van der Waals surface area contributed by atoms with Crippen LogP contribution in [0.5, 0.6) is 5.75 Å². The number of benzene rings is 1. The van der Waals surface area contributed by atoms with Gasteiger partial charge in [0.25, 0.3) is 0 Å². The third-order valence-corrected chi connectivity index (χ3v) is 1.74. The highest BCUT2D eigenvalue weighted by Gasteiger charge is 2.31. The van der Waals surface area contributed by atoms with E-state index in [0.29, 0.717) is 11.4 Å². The summed E-state index contributed by atoms with van der Waals surface area (Å²) in [5, 5.41) is 0.354. The summed E-state index contributed by atoms with van der Waals surface area (Å²) in [7, 11) is 0. The Morgan fingerprint density at radius 3 is 2.50 bits per heavy atom. The smallest absolute Gasteiger partial charge is 0.406 e. The van der Waals surface area contributed by atoms with Crippen LogP contribution < -0.4 is 4.74 Å². The fourth-order valence-corrected chi connectivity index (χ4v) is 1.06. The highest BCUT2D eigenvalue weighted by atomic mass is 79.9. The third-order valence-electron chi connectivity index (χ3n) is 1.46. The second-order valence-corrected chi connectivity index (χ2v) is 3.19. The molecule has 86 valence electrons. The fourth-order valence-electron chi connectivity index (χ4n) is 0.923. The van der Waals surface area contributed by atoms with Crippen molar-refractivity contribution in [1.29, 1.82) is 0 Å². The minimum atomic E-state index is -4.82. The Kier molecular flexibility index (Phi) is 4.19. The molecule has 0 atom stereocenters. The molecule has 1 aromatic rings. The Morgan fingerprint density at radius 1 is 1.31 bits per heavy atom. The number of alkyl halides is 4. The van der Waals surface area contributed by atoms with Crippen molar-refractivity contribution in [3.05, 3.63) is 29.6 Å². The normalized spacial score (nSPS) is 10.6. The van der Waals surface area contributed by atoms with Gasteiger partial charge in [0.15, 0.2) is 0 Å². The molecule has 16 heavy (non-hydrogen) atoms. The average molecular weight is 297 g/mol. The Balaban J connectivity index is 2.91. The first-order valence-electron chi connectivity index (χ1n) is 4.02. The molecule has 0 aromatic heterocycles. The standard InChI is InChI=1S/C10H5BrF4O/c11-5-1-2-7-3-4-8(6-9(7)12)16-10(13,14)15/h3-4,6H,5H2. The molecule has 1 rings (SSSR count). The molecule has 0 spiro atoms. The number of hydrogen-bond donors (Lipinski definition) is 0. The van der Waals surface area contributed by atoms with Crippen LogP contribution in [-0.4, -0.2) is 11.7 Å². The first-order chi connectivity index (χ1) is 7.42. The van der Waals surface area contributed by atoms with Crippen molar-refractivity contribution < 1.29 is 22.3 Å². The fraction of sp³-hybridized carbons (Fsp3) is 0.200. The summed E-state index contributed by atoms with van der Waals surface area (Å²) in [5.41, 5.74) is 0.0222. The van der Waals surface area contributed by atoms with E-state index in [9.17, 15) is 17.6 Å². The maximum Gasteiger partial charge on any atom is 0.573 e. The first-order valence-corrected chi connectivity index (χ1v) is 5.14. The second-order valence-electron chi connectivity index (χ2n) is 2.62. The summed E-state index contributed by atoms with van der Waals surface area (Å²) >= 11 is 3.02. The number of halogens is 5. The van der Waals surface area contributed by atoms with Gasteiger partial charge in [0.1, 0.15) is 11.6 Å². The molecule has 6 heteroatoms. The quantitative estimate of drug-likeness (QED) is 0.438. The van der Waals surface area contributed by atoms with Gasteiger partial charge >= 0.3 is 6.36 Å². The summed E-state index contributed by atoms with van der Waals surface area (Å²) < 4.78 is 52.1. The molecule has 0 heterocycles. The number of rotatable bonds is 1. The van der Waals surface area contributed by atoms with Crippen LogP contribution in [0.15, 0.2) is 18.2 Å². The van der Waals surface area contributed by atoms with Crippen LogP contribution in [0, 0.1) is 17.7 Å². The zero-order valence-corrected chi connectivity index (χ0v) is 9.32. The maximum atomic E-state index is 13.2. The Hall–Kier alpha value is -1.22. The molecule has 0 aliphatic rings. The van der Waals surface area contributed by atoms with Crippen LogP contribution in [0.4, 0.5) is 17.6 Å². The van der Waals surface area contributed by atoms with Gasteiger partial charge in [-0.1, -0.05) is 27.8 Å². The maximum absolute atomic E-state index is 13.2. The Labute approximate surface area is 97.5 Å². The van der Waals surface area contributed by atoms with Gasteiger partial charge in [-0.25, -0.2) is 4.39 Å². The highest BCUT2D eigenvalue weighted by Crippen LogP contribution is 2.24. The van der Waals surface area contributed by atoms with Gasteiger partial charge in [0, 0.05) is 6.07 Å². The van der Waals surface area contributed by atoms with E-state index in [0.717, 1.165) is 12.1 Å². The van der Waals surface area contributed by atoms with Gasteiger partial charge < -0.3 is 4.74 Å². The van der Waals surface area contributed by atoms with Crippen LogP contribution in [-0.2, 0) is 0 Å². The lowest BCUT2D eigenvalue weighted by molar-refractivity contribution is -0.274. The molecule has 0 saturated carbocycles. The van der Waals surface area contributed by atoms with Crippen LogP contribution >= 0.6 is 15.9 Å². The molecular weight excluding hydrogens is 292 g/mol. The molecule has 0 bridgehead atoms. The van der Waals surface area contributed by atoms with E-state index in [-0.39, 0.29) is 5.56 Å². The van der Waals surface area contributed by atoms with Crippen LogP contribution in [0.1, 0.15) is 5.56 Å². The topological polar surface area (TPSA) is 9.23 Å². The predicted molar refractivity (Wildman–Crippen MR) is 53.8 cm³/mol. The predicted octanol–water partition coefficient (Wildman–Crippen LogP) is 3.47. The van der Waals surface area contributed by atoms with Gasteiger partial charge in [-0.2, -0.15) is 0 Å². The van der Waals surface area contributed by atoms with E-state index in [4.69, 9.17) is 0 Å². The van der Waals surface area contributed by atoms with Crippen molar-refractivity contribution in [1.82, 2.24) is 0 Å². The van der Waals surface area contributed by atoms with Crippen molar-refractivity contribution in [3.8, 4) is 17.6 Å². The average Bonchev–Trinajstić information content (AvgIpc) is 2.14. The summed E-state index contributed by atoms with van der Waals surface area (Å²) in [4.78, 5) is 0. The number of hydrogen-bond acceptors (Lipinski definition) is 1. The van der Waals surface area contributed by atoms with Gasteiger partial charge in [0.05, 0.1) is 10.9 Å². The molecule has 1 nitrogen and oxygen atoms in total. The molecule has 0 fully saturated rings. The molecule has 0 saturated heterocycles. The van der Waals surface area contributed by atoms with Gasteiger partial charge in [-0.05, 0) is 12.1 Å². The molecule has 0 N–H and O–H groups in total. The molecule has 0 aliphatic heterocycles. The zero-order valence-electron chi connectivity index (χ0n) is 7.74. The minimum absolute atomic E-state index is 0.0222. The van der Waals surface area contributed by atoms with E-state index in [1.807, 2.05) is 0 Å². The molecule has 0 unspecified atom stereocenters. The highest BCUT2D eigenvalue weighted by molar-refractivity contribution is 9.09. The molecule has 0 radical (unpaired) electrons. The first kappa shape index (κ1) is 12.8. The summed E-state index contributed by atoms with van der Waals surface area (Å²) in [6, 6.07) is 2.78. The van der Waals surface area contributed by atoms with Crippen molar-refractivity contribution >= 4 is 15.9 Å². The lowest BCUT2D eigenvalue weighted by Gasteiger charge is -2.08. The van der Waals surface area contributed by atoms with E-state index in [1.165, 1.54) is 0 Å². The van der Waals surface area contributed by atoms with Crippen LogP contribution in [0.2, 0.25) is 0 Å². The van der Waals surface area contributed by atoms with Crippen molar-refractivity contribution in [2.45, 2.75) is 6.36 Å². The lowest BCUT2D eigenvalue weighted by Crippen LogP contribution is -2.17. The second kappa shape index (κ2) is 5.21. The molecule has 0 amide bonds. The third kappa shape index (κ3) is 4.11. The van der Waals surface area contributed by atoms with Crippen molar-refractivity contribution in [2.75, 3.05) is 5.33 Å². The Morgan fingerprint density at radius 2 is 2.00 bits per heavy atom. The minimum Gasteiger partial charge on any atom is -0.406 e. The summed E-state index contributed by atoms with van der Waals surface area (Å²) in [6.07, 6.45) is -4.82. The largest absolute Gasteiger partial charge is 0.573 e. The number of ether oxygens (including phenoxy) is 1. The van der Waals surface area contributed by atoms with Crippen LogP contribution in [0.25, 0.3) is 0 Å². The van der Waals surface area contributed by atoms with Gasteiger partial charge in [0.2, 0.25) is 0 Å². The van der Waals surface area contributed by atoms with Gasteiger partial charge in [-0.3, -0.25) is 0 Å². The van der Waals surface area contributed by atoms with E-state index >= 15 is 0 Å².